The molecule has 0 bridgehead atoms. The van der Waals surface area contributed by atoms with Crippen LogP contribution in [0.1, 0.15) is 27.3 Å². The Hall–Kier alpha value is -2.82. The van der Waals surface area contributed by atoms with Crippen LogP contribution in [-0.2, 0) is 19.8 Å². The third kappa shape index (κ3) is 5.33. The van der Waals surface area contributed by atoms with Crippen LogP contribution in [0.3, 0.4) is 0 Å². The van der Waals surface area contributed by atoms with Crippen LogP contribution in [0.5, 0.6) is 0 Å². The number of halogens is 4. The van der Waals surface area contributed by atoms with Crippen molar-refractivity contribution in [3.63, 3.8) is 0 Å². The van der Waals surface area contributed by atoms with Gasteiger partial charge in [0.05, 0.1) is 17.5 Å². The fourth-order valence-electron chi connectivity index (χ4n) is 2.17. The third-order valence-corrected chi connectivity index (χ3v) is 4.15. The maximum Gasteiger partial charge on any atom is 0.416 e. The van der Waals surface area contributed by atoms with Gasteiger partial charge in [-0.05, 0) is 39.7 Å². The normalized spacial score (nSPS) is 11.6. The molecule has 144 valence electrons. The number of nitrogens with zero attached hydrogens (tertiary/aromatic N) is 2. The third-order valence-electron chi connectivity index (χ3n) is 3.51. The zero-order chi connectivity index (χ0) is 20.2. The van der Waals surface area contributed by atoms with Crippen LogP contribution in [0.4, 0.5) is 18.0 Å². The van der Waals surface area contributed by atoms with Crippen molar-refractivity contribution < 1.29 is 27.9 Å². The Morgan fingerprint density at radius 3 is 2.63 bits per heavy atom. The van der Waals surface area contributed by atoms with Gasteiger partial charge >= 0.3 is 18.2 Å². The standard InChI is InChI=1S/C16H14BrF3N4O3/c1-24-12(14(25)26)6-11(17)13(24)8-22-23-15(27)21-7-9-3-2-4-10(5-9)16(18,19)20/h2-6,8H,7H2,1H3,(H,25,26)(H2,21,23,27)/b22-8+. The van der Waals surface area contributed by atoms with Gasteiger partial charge in [0.15, 0.2) is 0 Å². The number of amides is 2. The van der Waals surface area contributed by atoms with E-state index in [4.69, 9.17) is 5.11 Å². The van der Waals surface area contributed by atoms with Crippen molar-refractivity contribution in [2.75, 3.05) is 0 Å². The van der Waals surface area contributed by atoms with Gasteiger partial charge < -0.3 is 15.0 Å². The second kappa shape index (κ2) is 8.25. The zero-order valence-corrected chi connectivity index (χ0v) is 15.4. The van der Waals surface area contributed by atoms with Crippen molar-refractivity contribution >= 4 is 34.1 Å². The summed E-state index contributed by atoms with van der Waals surface area (Å²) in [5.74, 6) is -1.12. The average molecular weight is 447 g/mol. The molecule has 7 nitrogen and oxygen atoms in total. The number of benzene rings is 1. The number of carbonyl (C=O) groups is 2. The molecule has 0 radical (unpaired) electrons. The van der Waals surface area contributed by atoms with E-state index < -0.39 is 23.7 Å². The molecule has 1 aromatic heterocycles. The minimum atomic E-state index is -4.46. The summed E-state index contributed by atoms with van der Waals surface area (Å²) in [7, 11) is 1.52. The topological polar surface area (TPSA) is 95.7 Å². The number of carbonyl (C=O) groups excluding carboxylic acids is 1. The lowest BCUT2D eigenvalue weighted by molar-refractivity contribution is -0.137. The maximum absolute atomic E-state index is 12.6. The van der Waals surface area contributed by atoms with E-state index in [1.165, 1.54) is 36.0 Å². The molecule has 0 atom stereocenters. The van der Waals surface area contributed by atoms with Crippen molar-refractivity contribution in [3.8, 4) is 0 Å². The summed E-state index contributed by atoms with van der Waals surface area (Å²) < 4.78 is 39.8. The van der Waals surface area contributed by atoms with E-state index >= 15 is 0 Å². The number of hydrazone groups is 1. The van der Waals surface area contributed by atoms with Crippen LogP contribution in [0, 0.1) is 0 Å². The smallest absolute Gasteiger partial charge is 0.416 e. The van der Waals surface area contributed by atoms with Crippen LogP contribution < -0.4 is 10.7 Å². The molecule has 0 unspecified atom stereocenters. The minimum Gasteiger partial charge on any atom is -0.477 e. The number of aromatic carboxylic acids is 1. The van der Waals surface area contributed by atoms with Gasteiger partial charge in [-0.1, -0.05) is 12.1 Å². The summed E-state index contributed by atoms with van der Waals surface area (Å²) in [4.78, 5) is 22.7. The molecule has 3 N–H and O–H groups in total. The molecule has 0 saturated heterocycles. The predicted octanol–water partition coefficient (Wildman–Crippen LogP) is 3.34. The number of aromatic nitrogens is 1. The van der Waals surface area contributed by atoms with E-state index in [-0.39, 0.29) is 17.8 Å². The first-order valence-corrected chi connectivity index (χ1v) is 8.20. The van der Waals surface area contributed by atoms with E-state index in [9.17, 15) is 22.8 Å². The Morgan fingerprint density at radius 2 is 2.04 bits per heavy atom. The molecule has 1 heterocycles. The van der Waals surface area contributed by atoms with Gasteiger partial charge in [0.2, 0.25) is 0 Å². The van der Waals surface area contributed by atoms with E-state index in [2.05, 4.69) is 31.8 Å². The highest BCUT2D eigenvalue weighted by Crippen LogP contribution is 2.29. The lowest BCUT2D eigenvalue weighted by Gasteiger charge is -2.09. The van der Waals surface area contributed by atoms with Crippen molar-refractivity contribution in [2.45, 2.75) is 12.7 Å². The zero-order valence-electron chi connectivity index (χ0n) is 13.8. The van der Waals surface area contributed by atoms with E-state index in [1.54, 1.807) is 0 Å². The molecule has 1 aromatic carbocycles. The number of hydrogen-bond donors (Lipinski definition) is 3. The van der Waals surface area contributed by atoms with Crippen LogP contribution in [-0.4, -0.2) is 27.9 Å². The van der Waals surface area contributed by atoms with E-state index in [0.717, 1.165) is 12.1 Å². The molecule has 2 amide bonds. The summed E-state index contributed by atoms with van der Waals surface area (Å²) in [6, 6.07) is 5.25. The highest BCUT2D eigenvalue weighted by Gasteiger charge is 2.30. The predicted molar refractivity (Wildman–Crippen MR) is 94.5 cm³/mol. The number of carboxylic acids is 1. The molecule has 0 saturated carbocycles. The van der Waals surface area contributed by atoms with Crippen LogP contribution in [0.25, 0.3) is 0 Å². The number of nitrogens with one attached hydrogen (secondary N) is 2. The average Bonchev–Trinajstić information content (AvgIpc) is 2.88. The first-order chi connectivity index (χ1) is 12.6. The maximum atomic E-state index is 12.6. The SMILES string of the molecule is Cn1c(C(=O)O)cc(Br)c1/C=N/NC(=O)NCc1cccc(C(F)(F)F)c1. The van der Waals surface area contributed by atoms with Crippen molar-refractivity contribution in [3.05, 3.63) is 57.3 Å². The highest BCUT2D eigenvalue weighted by atomic mass is 79.9. The largest absolute Gasteiger partial charge is 0.477 e. The van der Waals surface area contributed by atoms with Gasteiger partial charge in [-0.15, -0.1) is 0 Å². The second-order valence-corrected chi connectivity index (χ2v) is 6.23. The molecule has 11 heteroatoms. The molecule has 27 heavy (non-hydrogen) atoms. The van der Waals surface area contributed by atoms with E-state index in [1.807, 2.05) is 0 Å². The van der Waals surface area contributed by atoms with E-state index in [0.29, 0.717) is 10.2 Å². The molecule has 0 aliphatic carbocycles. The highest BCUT2D eigenvalue weighted by molar-refractivity contribution is 9.10. The minimum absolute atomic E-state index is 0.0253. The van der Waals surface area contributed by atoms with Crippen molar-refractivity contribution in [1.29, 1.82) is 0 Å². The molecule has 0 aliphatic heterocycles. The molecule has 0 aliphatic rings. The molecular formula is C16H14BrF3N4O3. The lowest BCUT2D eigenvalue weighted by Crippen LogP contribution is -2.31. The second-order valence-electron chi connectivity index (χ2n) is 5.38. The summed E-state index contributed by atoms with van der Waals surface area (Å²) >= 11 is 3.19. The van der Waals surface area contributed by atoms with Gasteiger partial charge in [-0.25, -0.2) is 15.0 Å². The lowest BCUT2D eigenvalue weighted by atomic mass is 10.1. The Kier molecular flexibility index (Phi) is 6.26. The molecule has 0 fully saturated rings. The summed E-state index contributed by atoms with van der Waals surface area (Å²) in [5, 5.41) is 15.1. The quantitative estimate of drug-likeness (QED) is 0.485. The van der Waals surface area contributed by atoms with Gasteiger partial charge in [0.1, 0.15) is 5.69 Å². The summed E-state index contributed by atoms with van der Waals surface area (Å²) in [5.41, 5.74) is 2.06. The first kappa shape index (κ1) is 20.5. The number of urea groups is 1. The number of rotatable bonds is 5. The summed E-state index contributed by atoms with van der Waals surface area (Å²) in [6.45, 7) is -0.123. The van der Waals surface area contributed by atoms with Crippen molar-refractivity contribution in [2.24, 2.45) is 12.1 Å². The fraction of sp³-hybridized carbons (Fsp3) is 0.188. The Balaban J connectivity index is 1.94. The van der Waals surface area contributed by atoms with Crippen molar-refractivity contribution in [1.82, 2.24) is 15.3 Å². The molecule has 2 aromatic rings. The van der Waals surface area contributed by atoms with Gasteiger partial charge in [0, 0.05) is 18.1 Å². The first-order valence-electron chi connectivity index (χ1n) is 7.41. The number of hydrogen-bond acceptors (Lipinski definition) is 3. The Bertz CT molecular complexity index is 894. The fourth-order valence-corrected chi connectivity index (χ4v) is 2.75. The molecular weight excluding hydrogens is 433 g/mol. The van der Waals surface area contributed by atoms with Crippen LogP contribution in [0.15, 0.2) is 39.9 Å². The Morgan fingerprint density at radius 1 is 1.33 bits per heavy atom. The van der Waals surface area contributed by atoms with Gasteiger partial charge in [0.25, 0.3) is 0 Å². The monoisotopic (exact) mass is 446 g/mol. The van der Waals surface area contributed by atoms with Crippen LogP contribution >= 0.6 is 15.9 Å². The molecule has 0 spiro atoms. The van der Waals surface area contributed by atoms with Crippen LogP contribution in [0.2, 0.25) is 0 Å². The molecule has 2 rings (SSSR count). The Labute approximate surface area is 160 Å². The number of carboxylic acid groups (broad SMARTS) is 1. The summed E-state index contributed by atoms with van der Waals surface area (Å²) in [6.07, 6.45) is -3.22. The number of alkyl halides is 3. The van der Waals surface area contributed by atoms with Gasteiger partial charge in [-0.3, -0.25) is 0 Å². The van der Waals surface area contributed by atoms with Gasteiger partial charge in [-0.2, -0.15) is 18.3 Å².